The lowest BCUT2D eigenvalue weighted by atomic mass is 9.55. The molecule has 3 heterocycles. The van der Waals surface area contributed by atoms with Crippen molar-refractivity contribution in [2.24, 2.45) is 17.8 Å². The number of hydrogen-bond donors (Lipinski definition) is 0. The van der Waals surface area contributed by atoms with Crippen molar-refractivity contribution in [2.45, 2.75) is 76.4 Å². The minimum Gasteiger partial charge on any atom is -0.367 e. The summed E-state index contributed by atoms with van der Waals surface area (Å²) in [5.41, 5.74) is 0.804. The molecule has 3 nitrogen and oxygen atoms in total. The number of carbonyl (C=O) groups is 1. The van der Waals surface area contributed by atoms with Gasteiger partial charge in [0.1, 0.15) is 5.78 Å². The number of nitrogens with zero attached hydrogens (tertiary/aromatic N) is 1. The number of ketones is 1. The number of carbonyl (C=O) groups excluding carboxylic acids is 1. The van der Waals surface area contributed by atoms with Gasteiger partial charge in [0.25, 0.3) is 0 Å². The Morgan fingerprint density at radius 3 is 2.88 bits per heavy atom. The molecule has 0 N–H and O–H groups in total. The summed E-state index contributed by atoms with van der Waals surface area (Å²) in [6, 6.07) is 4.17. The molecule has 4 bridgehead atoms. The molecule has 0 amide bonds. The van der Waals surface area contributed by atoms with Gasteiger partial charge in [-0.15, -0.1) is 0 Å². The van der Waals surface area contributed by atoms with Gasteiger partial charge < -0.3 is 4.74 Å². The van der Waals surface area contributed by atoms with Gasteiger partial charge in [-0.25, -0.2) is 0 Å². The second-order valence-corrected chi connectivity index (χ2v) is 8.06. The Morgan fingerprint density at radius 1 is 1.29 bits per heavy atom. The van der Waals surface area contributed by atoms with Crippen LogP contribution in [0.3, 0.4) is 0 Å². The van der Waals surface area contributed by atoms with Gasteiger partial charge in [0, 0.05) is 24.7 Å². The van der Waals surface area contributed by atoms with Crippen molar-refractivity contribution in [3.63, 3.8) is 0 Å². The summed E-state index contributed by atoms with van der Waals surface area (Å²) in [6.45, 7) is 6.21. The molecule has 1 aromatic rings. The number of Topliss-reactive ketones (excluding diaryl/α,β-unsaturated/α-hetero) is 1. The number of fused-ring (bicyclic) bond motifs is 1. The van der Waals surface area contributed by atoms with Gasteiger partial charge in [-0.3, -0.25) is 9.78 Å². The van der Waals surface area contributed by atoms with E-state index in [1.165, 1.54) is 24.8 Å². The third-order valence-corrected chi connectivity index (χ3v) is 7.13. The van der Waals surface area contributed by atoms with Crippen LogP contribution in [0, 0.1) is 17.8 Å². The van der Waals surface area contributed by atoms with Crippen molar-refractivity contribution in [1.82, 2.24) is 4.98 Å². The zero-order chi connectivity index (χ0) is 16.9. The molecule has 5 aliphatic rings. The van der Waals surface area contributed by atoms with Gasteiger partial charge in [0.15, 0.2) is 0 Å². The Balaban J connectivity index is 0.000000704. The molecule has 6 atom stereocenters. The van der Waals surface area contributed by atoms with E-state index in [2.05, 4.69) is 18.0 Å². The lowest BCUT2D eigenvalue weighted by Crippen LogP contribution is -2.66. The van der Waals surface area contributed by atoms with Crippen LogP contribution < -0.4 is 0 Å². The topological polar surface area (TPSA) is 39.2 Å². The first kappa shape index (κ1) is 16.3. The van der Waals surface area contributed by atoms with Crippen molar-refractivity contribution in [3.8, 4) is 0 Å². The fourth-order valence-corrected chi connectivity index (χ4v) is 6.49. The van der Waals surface area contributed by atoms with E-state index in [4.69, 9.17) is 4.74 Å². The second-order valence-electron chi connectivity index (χ2n) is 8.06. The number of ether oxygens (including phenoxy) is 1. The van der Waals surface area contributed by atoms with Gasteiger partial charge in [0.05, 0.1) is 17.1 Å². The highest BCUT2D eigenvalue weighted by molar-refractivity contribution is 5.86. The highest BCUT2D eigenvalue weighted by atomic mass is 16.5. The summed E-state index contributed by atoms with van der Waals surface area (Å²) < 4.78 is 6.84. The maximum Gasteiger partial charge on any atom is 0.142 e. The molecule has 1 spiro atoms. The molecule has 130 valence electrons. The number of pyridine rings is 1. The maximum absolute atomic E-state index is 12.9. The summed E-state index contributed by atoms with van der Waals surface area (Å²) in [5, 5.41) is 0. The van der Waals surface area contributed by atoms with Crippen LogP contribution in [-0.2, 0) is 9.53 Å². The molecule has 1 aromatic heterocycles. The molecule has 3 heteroatoms. The van der Waals surface area contributed by atoms with Crippen LogP contribution in [0.4, 0.5) is 0 Å². The van der Waals surface area contributed by atoms with Crippen LogP contribution in [0.2, 0.25) is 0 Å². The second kappa shape index (κ2) is 5.66. The number of hydrogen-bond acceptors (Lipinski definition) is 3. The molecule has 6 rings (SSSR count). The molecule has 2 aliphatic heterocycles. The summed E-state index contributed by atoms with van der Waals surface area (Å²) in [7, 11) is 0. The van der Waals surface area contributed by atoms with Crippen LogP contribution in [0.25, 0.3) is 0 Å². The van der Waals surface area contributed by atoms with E-state index in [1.807, 2.05) is 32.3 Å². The third-order valence-electron chi connectivity index (χ3n) is 7.13. The average Bonchev–Trinajstić information content (AvgIpc) is 2.86. The first-order valence-electron chi connectivity index (χ1n) is 9.77. The maximum atomic E-state index is 12.9. The Labute approximate surface area is 145 Å². The van der Waals surface area contributed by atoms with E-state index in [-0.39, 0.29) is 17.1 Å². The fraction of sp³-hybridized carbons (Fsp3) is 0.714. The lowest BCUT2D eigenvalue weighted by molar-refractivity contribution is -0.268. The molecule has 6 unspecified atom stereocenters. The molecule has 2 saturated heterocycles. The average molecular weight is 327 g/mol. The van der Waals surface area contributed by atoms with Gasteiger partial charge in [0.2, 0.25) is 0 Å². The normalized spacial score (nSPS) is 45.4. The zero-order valence-electron chi connectivity index (χ0n) is 15.1. The van der Waals surface area contributed by atoms with Crippen molar-refractivity contribution in [3.05, 3.63) is 30.1 Å². The highest BCUT2D eigenvalue weighted by Crippen LogP contribution is 2.68. The molecule has 3 saturated carbocycles. The first-order valence-corrected chi connectivity index (χ1v) is 9.77. The molecule has 24 heavy (non-hydrogen) atoms. The first-order chi connectivity index (χ1) is 11.6. The zero-order valence-corrected chi connectivity index (χ0v) is 15.1. The predicted molar refractivity (Wildman–Crippen MR) is 93.7 cm³/mol. The van der Waals surface area contributed by atoms with Gasteiger partial charge >= 0.3 is 0 Å². The largest absolute Gasteiger partial charge is 0.367 e. The Hall–Kier alpha value is -1.22. The summed E-state index contributed by atoms with van der Waals surface area (Å²) in [6.07, 6.45) is 10.4. The van der Waals surface area contributed by atoms with Crippen molar-refractivity contribution in [1.29, 1.82) is 0 Å². The minimum absolute atomic E-state index is 0.114. The molecule has 0 aromatic carbocycles. The van der Waals surface area contributed by atoms with Crippen molar-refractivity contribution < 1.29 is 9.53 Å². The fourth-order valence-electron chi connectivity index (χ4n) is 6.49. The Morgan fingerprint density at radius 2 is 2.12 bits per heavy atom. The van der Waals surface area contributed by atoms with Crippen LogP contribution in [-0.4, -0.2) is 22.0 Å². The van der Waals surface area contributed by atoms with Crippen molar-refractivity contribution >= 4 is 5.78 Å². The van der Waals surface area contributed by atoms with Crippen LogP contribution in [0.5, 0.6) is 0 Å². The SMILES string of the molecule is CC.CC12OC34CCCCC3C(CC1c1cccnc1)C2C(=O)C4. The molecule has 3 aliphatic carbocycles. The lowest BCUT2D eigenvalue weighted by Gasteiger charge is -2.61. The third kappa shape index (κ3) is 2.00. The predicted octanol–water partition coefficient (Wildman–Crippen LogP) is 4.52. The Bertz CT molecular complexity index is 630. The smallest absolute Gasteiger partial charge is 0.142 e. The van der Waals surface area contributed by atoms with E-state index in [1.54, 1.807) is 0 Å². The Kier molecular flexibility index (Phi) is 3.83. The van der Waals surface area contributed by atoms with E-state index in [0.717, 1.165) is 12.8 Å². The summed E-state index contributed by atoms with van der Waals surface area (Å²) in [4.78, 5) is 17.2. The van der Waals surface area contributed by atoms with Crippen LogP contribution >= 0.6 is 0 Å². The quantitative estimate of drug-likeness (QED) is 0.761. The van der Waals surface area contributed by atoms with Crippen LogP contribution in [0.15, 0.2) is 24.5 Å². The number of rotatable bonds is 1. The summed E-state index contributed by atoms with van der Waals surface area (Å²) in [5.74, 6) is 2.05. The minimum atomic E-state index is -0.309. The van der Waals surface area contributed by atoms with E-state index < -0.39 is 0 Å². The molecular weight excluding hydrogens is 298 g/mol. The molecular formula is C21H29NO2. The monoisotopic (exact) mass is 327 g/mol. The van der Waals surface area contributed by atoms with Crippen molar-refractivity contribution in [2.75, 3.05) is 0 Å². The van der Waals surface area contributed by atoms with Gasteiger partial charge in [-0.2, -0.15) is 0 Å². The molecule has 0 radical (unpaired) electrons. The number of aromatic nitrogens is 1. The van der Waals surface area contributed by atoms with Gasteiger partial charge in [-0.05, 0) is 49.7 Å². The van der Waals surface area contributed by atoms with E-state index in [9.17, 15) is 4.79 Å². The van der Waals surface area contributed by atoms with Gasteiger partial charge in [-0.1, -0.05) is 32.8 Å². The standard InChI is InChI=1S/C19H23NO2.C2H6/c1-18-15(12-5-4-8-20-11-12)9-13-14-6-2-3-7-19(14,22-18)10-16(21)17(13)18;1-2/h4-5,8,11,13-15,17H,2-3,6-7,9-10H2,1H3;1-2H3. The van der Waals surface area contributed by atoms with E-state index >= 15 is 0 Å². The van der Waals surface area contributed by atoms with Crippen LogP contribution in [0.1, 0.15) is 70.8 Å². The van der Waals surface area contributed by atoms with E-state index in [0.29, 0.717) is 30.0 Å². The highest BCUT2D eigenvalue weighted by Gasteiger charge is 2.71. The summed E-state index contributed by atoms with van der Waals surface area (Å²) >= 11 is 0. The molecule has 5 fully saturated rings.